The SMILES string of the molecule is CC(C)(C)[S+]([O-])N[C@@H](Cc1cc(F)cc(Cl)c1)[C@@H](CO[Si](C)(C)C(C)(C)C)O[Si](C)(C)C(C)(C)C. The summed E-state index contributed by atoms with van der Waals surface area (Å²) < 4.78 is 43.9. The molecule has 0 amide bonds. The molecule has 3 atom stereocenters. The normalized spacial score (nSPS) is 16.8. The molecule has 1 N–H and O–H groups in total. The van der Waals surface area contributed by atoms with E-state index in [9.17, 15) is 8.94 Å². The molecule has 0 saturated carbocycles. The number of rotatable bonds is 10. The van der Waals surface area contributed by atoms with Gasteiger partial charge in [0.15, 0.2) is 16.6 Å². The number of halogens is 2. The van der Waals surface area contributed by atoms with Gasteiger partial charge in [0.05, 0.1) is 18.8 Å². The first kappa shape index (κ1) is 33.1. The maximum absolute atomic E-state index is 14.2. The molecule has 0 spiro atoms. The van der Waals surface area contributed by atoms with Gasteiger partial charge >= 0.3 is 0 Å². The van der Waals surface area contributed by atoms with Gasteiger partial charge in [-0.2, -0.15) is 0 Å². The molecular weight excluding hydrogens is 517 g/mol. The highest BCUT2D eigenvalue weighted by molar-refractivity contribution is 7.90. The smallest absolute Gasteiger partial charge is 0.192 e. The molecule has 0 bridgehead atoms. The Morgan fingerprint density at radius 3 is 1.89 bits per heavy atom. The van der Waals surface area contributed by atoms with Crippen molar-refractivity contribution in [2.75, 3.05) is 6.61 Å². The molecule has 1 aromatic rings. The second-order valence-electron chi connectivity index (χ2n) is 13.6. The molecule has 1 unspecified atom stereocenters. The summed E-state index contributed by atoms with van der Waals surface area (Å²) in [6.45, 7) is 28.3. The van der Waals surface area contributed by atoms with Crippen molar-refractivity contribution in [1.29, 1.82) is 0 Å². The van der Waals surface area contributed by atoms with Gasteiger partial charge in [0.2, 0.25) is 0 Å². The summed E-state index contributed by atoms with van der Waals surface area (Å²) in [6.07, 6.45) is 0.0535. The summed E-state index contributed by atoms with van der Waals surface area (Å²) in [5.74, 6) is -0.386. The zero-order valence-corrected chi connectivity index (χ0v) is 27.8. The zero-order valence-electron chi connectivity index (χ0n) is 24.2. The Bertz CT molecular complexity index is 815. The summed E-state index contributed by atoms with van der Waals surface area (Å²) in [5.41, 5.74) is 0.731. The highest BCUT2D eigenvalue weighted by Gasteiger charge is 2.44. The van der Waals surface area contributed by atoms with E-state index in [2.05, 4.69) is 72.5 Å². The van der Waals surface area contributed by atoms with Crippen molar-refractivity contribution in [2.45, 2.75) is 122 Å². The minimum Gasteiger partial charge on any atom is -0.598 e. The largest absolute Gasteiger partial charge is 0.598 e. The third kappa shape index (κ3) is 10.0. The Labute approximate surface area is 224 Å². The second kappa shape index (κ2) is 11.8. The fourth-order valence-electron chi connectivity index (χ4n) is 2.84. The molecule has 0 aromatic heterocycles. The highest BCUT2D eigenvalue weighted by Crippen LogP contribution is 2.40. The zero-order chi connectivity index (χ0) is 27.6. The van der Waals surface area contributed by atoms with Crippen LogP contribution >= 0.6 is 11.6 Å². The molecular formula is C26H49ClFNO3SSi2. The van der Waals surface area contributed by atoms with Gasteiger partial charge < -0.3 is 13.4 Å². The maximum atomic E-state index is 14.2. The summed E-state index contributed by atoms with van der Waals surface area (Å²) in [7, 11) is -4.28. The van der Waals surface area contributed by atoms with Crippen LogP contribution in [-0.4, -0.2) is 44.7 Å². The van der Waals surface area contributed by atoms with E-state index in [1.54, 1.807) is 6.07 Å². The molecule has 4 nitrogen and oxygen atoms in total. The Morgan fingerprint density at radius 1 is 0.943 bits per heavy atom. The van der Waals surface area contributed by atoms with E-state index >= 15 is 0 Å². The second-order valence-corrected chi connectivity index (χ2v) is 25.6. The van der Waals surface area contributed by atoms with Gasteiger partial charge in [0.1, 0.15) is 10.6 Å². The summed E-state index contributed by atoms with van der Waals surface area (Å²) >= 11 is 4.82. The molecule has 0 heterocycles. The number of hydrogen-bond donors (Lipinski definition) is 1. The van der Waals surface area contributed by atoms with Gasteiger partial charge in [-0.15, -0.1) is 4.72 Å². The summed E-state index contributed by atoms with van der Waals surface area (Å²) in [4.78, 5) is 0. The summed E-state index contributed by atoms with van der Waals surface area (Å²) in [6, 6.07) is 4.19. The van der Waals surface area contributed by atoms with E-state index in [-0.39, 0.29) is 28.0 Å². The number of hydrogen-bond acceptors (Lipinski definition) is 4. The van der Waals surface area contributed by atoms with Crippen LogP contribution in [0.15, 0.2) is 18.2 Å². The van der Waals surface area contributed by atoms with E-state index in [1.807, 2.05) is 20.8 Å². The quantitative estimate of drug-likeness (QED) is 0.232. The highest BCUT2D eigenvalue weighted by atomic mass is 35.5. The van der Waals surface area contributed by atoms with Gasteiger partial charge in [0, 0.05) is 16.4 Å². The average molecular weight is 566 g/mol. The minimum absolute atomic E-state index is 0.0158. The predicted octanol–water partition coefficient (Wildman–Crippen LogP) is 7.85. The van der Waals surface area contributed by atoms with Crippen molar-refractivity contribution < 1.29 is 17.8 Å². The topological polar surface area (TPSA) is 53.5 Å². The van der Waals surface area contributed by atoms with Crippen LogP contribution in [0.1, 0.15) is 67.9 Å². The van der Waals surface area contributed by atoms with E-state index < -0.39 is 32.7 Å². The monoisotopic (exact) mass is 565 g/mol. The fraction of sp³-hybridized carbons (Fsp3) is 0.769. The standard InChI is InChI=1S/C26H49ClFNO3SSi2/c1-24(2,3)33(30)29-22(16-19-14-20(27)17-21(28)15-19)23(32-35(12,13)26(7,8)9)18-31-34(10,11)25(4,5)6/h14-15,17,22-23,29H,16,18H2,1-13H3/t22-,23+,33?/m0/s1. The van der Waals surface area contributed by atoms with Gasteiger partial charge in [-0.05, 0) is 87.2 Å². The van der Waals surface area contributed by atoms with Crippen molar-refractivity contribution in [3.8, 4) is 0 Å². The molecule has 35 heavy (non-hydrogen) atoms. The molecule has 0 aliphatic heterocycles. The van der Waals surface area contributed by atoms with Crippen LogP contribution in [0.4, 0.5) is 4.39 Å². The van der Waals surface area contributed by atoms with Crippen LogP contribution in [-0.2, 0) is 26.6 Å². The Balaban J connectivity index is 3.47. The van der Waals surface area contributed by atoms with Crippen LogP contribution in [0.25, 0.3) is 0 Å². The molecule has 9 heteroatoms. The van der Waals surface area contributed by atoms with Crippen LogP contribution in [0.5, 0.6) is 0 Å². The lowest BCUT2D eigenvalue weighted by Gasteiger charge is -2.44. The molecule has 0 aliphatic rings. The molecule has 0 fully saturated rings. The van der Waals surface area contributed by atoms with E-state index in [0.717, 1.165) is 5.56 Å². The van der Waals surface area contributed by atoms with E-state index in [1.165, 1.54) is 12.1 Å². The lowest BCUT2D eigenvalue weighted by Crippen LogP contribution is -2.57. The Kier molecular flexibility index (Phi) is 11.2. The van der Waals surface area contributed by atoms with Crippen molar-refractivity contribution in [3.63, 3.8) is 0 Å². The maximum Gasteiger partial charge on any atom is 0.192 e. The van der Waals surface area contributed by atoms with Crippen molar-refractivity contribution >= 4 is 39.6 Å². The van der Waals surface area contributed by atoms with E-state index in [0.29, 0.717) is 18.1 Å². The molecule has 0 saturated heterocycles. The van der Waals surface area contributed by atoms with Crippen molar-refractivity contribution in [3.05, 3.63) is 34.6 Å². The van der Waals surface area contributed by atoms with Gasteiger partial charge in [-0.25, -0.2) is 4.39 Å². The molecule has 0 aliphatic carbocycles. The minimum atomic E-state index is -2.21. The lowest BCUT2D eigenvalue weighted by atomic mass is 10.0. The van der Waals surface area contributed by atoms with Crippen LogP contribution < -0.4 is 4.72 Å². The lowest BCUT2D eigenvalue weighted by molar-refractivity contribution is 0.0818. The predicted molar refractivity (Wildman–Crippen MR) is 155 cm³/mol. The Morgan fingerprint density at radius 2 is 1.46 bits per heavy atom. The number of nitrogens with one attached hydrogen (secondary N) is 1. The van der Waals surface area contributed by atoms with E-state index in [4.69, 9.17) is 20.5 Å². The fourth-order valence-corrected chi connectivity index (χ4v) is 6.31. The average Bonchev–Trinajstić information content (AvgIpc) is 2.61. The van der Waals surface area contributed by atoms with Gasteiger partial charge in [-0.3, -0.25) is 0 Å². The first-order valence-corrected chi connectivity index (χ1v) is 19.8. The van der Waals surface area contributed by atoms with Crippen molar-refractivity contribution in [1.82, 2.24) is 4.72 Å². The third-order valence-corrected chi connectivity index (χ3v) is 18.2. The Hall–Kier alpha value is 0.0638. The molecule has 1 rings (SSSR count). The molecule has 1 aromatic carbocycles. The first-order valence-electron chi connectivity index (χ1n) is 12.4. The molecule has 0 radical (unpaired) electrons. The van der Waals surface area contributed by atoms with Crippen LogP contribution in [0, 0.1) is 5.82 Å². The van der Waals surface area contributed by atoms with Crippen LogP contribution in [0.2, 0.25) is 41.3 Å². The van der Waals surface area contributed by atoms with Crippen molar-refractivity contribution in [2.24, 2.45) is 0 Å². The van der Waals surface area contributed by atoms with Gasteiger partial charge in [0.25, 0.3) is 0 Å². The molecule has 204 valence electrons. The first-order chi connectivity index (χ1) is 15.5. The van der Waals surface area contributed by atoms with Crippen LogP contribution in [0.3, 0.4) is 0 Å². The van der Waals surface area contributed by atoms with Gasteiger partial charge in [-0.1, -0.05) is 53.1 Å². The summed E-state index contributed by atoms with van der Waals surface area (Å²) in [5, 5.41) is 0.370. The number of benzene rings is 1. The third-order valence-electron chi connectivity index (χ3n) is 7.31.